The van der Waals surface area contributed by atoms with Gasteiger partial charge in [0.1, 0.15) is 16.7 Å². The third-order valence-electron chi connectivity index (χ3n) is 3.24. The van der Waals surface area contributed by atoms with Gasteiger partial charge >= 0.3 is 0 Å². The maximum atomic E-state index is 12.0. The van der Waals surface area contributed by atoms with Crippen LogP contribution in [0.1, 0.15) is 28.9 Å². The van der Waals surface area contributed by atoms with Gasteiger partial charge in [-0.1, -0.05) is 12.2 Å². The molecule has 1 saturated heterocycles. The summed E-state index contributed by atoms with van der Waals surface area (Å²) in [5, 5.41) is 2.58. The summed E-state index contributed by atoms with van der Waals surface area (Å²) in [4.78, 5) is 40.5. The normalized spacial score (nSPS) is 18.5. The molecule has 0 aliphatic carbocycles. The highest BCUT2D eigenvalue weighted by molar-refractivity contribution is 7.80. The van der Waals surface area contributed by atoms with E-state index >= 15 is 0 Å². The zero-order valence-electron chi connectivity index (χ0n) is 11.3. The molecule has 21 heavy (non-hydrogen) atoms. The van der Waals surface area contributed by atoms with Crippen molar-refractivity contribution in [2.45, 2.75) is 18.9 Å². The van der Waals surface area contributed by atoms with Crippen LogP contribution in [-0.2, 0) is 9.59 Å². The molecule has 0 radical (unpaired) electrons. The van der Waals surface area contributed by atoms with Crippen LogP contribution >= 0.6 is 12.2 Å². The van der Waals surface area contributed by atoms with Crippen LogP contribution in [0, 0.1) is 0 Å². The number of nitrogens with one attached hydrogen (secondary N) is 1. The first-order valence-electron chi connectivity index (χ1n) is 6.27. The molecule has 0 spiro atoms. The van der Waals surface area contributed by atoms with E-state index in [2.05, 4.69) is 10.3 Å². The van der Waals surface area contributed by atoms with Gasteiger partial charge in [-0.15, -0.1) is 0 Å². The van der Waals surface area contributed by atoms with Gasteiger partial charge in [0, 0.05) is 25.2 Å². The average Bonchev–Trinajstić information content (AvgIpc) is 2.48. The van der Waals surface area contributed by atoms with Crippen molar-refractivity contribution in [1.29, 1.82) is 0 Å². The lowest BCUT2D eigenvalue weighted by atomic mass is 10.0. The molecule has 0 aromatic carbocycles. The van der Waals surface area contributed by atoms with Gasteiger partial charge in [0.2, 0.25) is 5.91 Å². The third kappa shape index (κ3) is 3.22. The van der Waals surface area contributed by atoms with Gasteiger partial charge in [-0.05, 0) is 18.6 Å². The summed E-state index contributed by atoms with van der Waals surface area (Å²) >= 11 is 4.80. The van der Waals surface area contributed by atoms with E-state index in [1.807, 2.05) is 0 Å². The van der Waals surface area contributed by atoms with Crippen molar-refractivity contribution in [1.82, 2.24) is 15.2 Å². The van der Waals surface area contributed by atoms with Crippen molar-refractivity contribution < 1.29 is 14.4 Å². The molecule has 2 rings (SSSR count). The minimum absolute atomic E-state index is 0.155. The number of hydrogen-bond acceptors (Lipinski definition) is 5. The highest BCUT2D eigenvalue weighted by Gasteiger charge is 2.32. The van der Waals surface area contributed by atoms with Crippen molar-refractivity contribution >= 4 is 34.9 Å². The van der Waals surface area contributed by atoms with Crippen molar-refractivity contribution in [2.24, 2.45) is 5.73 Å². The van der Waals surface area contributed by atoms with Crippen LogP contribution in [0.15, 0.2) is 18.3 Å². The maximum Gasteiger partial charge on any atom is 0.270 e. The van der Waals surface area contributed by atoms with Gasteiger partial charge in [0.15, 0.2) is 0 Å². The van der Waals surface area contributed by atoms with Gasteiger partial charge in [-0.25, -0.2) is 0 Å². The molecule has 3 N–H and O–H groups in total. The van der Waals surface area contributed by atoms with E-state index in [0.29, 0.717) is 12.0 Å². The van der Waals surface area contributed by atoms with Crippen LogP contribution in [0.3, 0.4) is 0 Å². The lowest BCUT2D eigenvalue weighted by molar-refractivity contribution is -0.147. The Morgan fingerprint density at radius 1 is 1.48 bits per heavy atom. The Morgan fingerprint density at radius 2 is 2.19 bits per heavy atom. The van der Waals surface area contributed by atoms with Crippen LogP contribution in [0.2, 0.25) is 0 Å². The SMILES string of the molecule is CN1C(=O)CCC(NC(=O)c2ccc(C(N)=S)cn2)C1=O. The highest BCUT2D eigenvalue weighted by Crippen LogP contribution is 2.12. The first kappa shape index (κ1) is 15.0. The molecule has 110 valence electrons. The largest absolute Gasteiger partial charge is 0.389 e. The number of rotatable bonds is 3. The molecule has 0 saturated carbocycles. The van der Waals surface area contributed by atoms with Crippen LogP contribution in [-0.4, -0.2) is 45.7 Å². The summed E-state index contributed by atoms with van der Waals surface area (Å²) in [6.45, 7) is 0. The van der Waals surface area contributed by atoms with E-state index in [1.165, 1.54) is 19.3 Å². The predicted octanol–water partition coefficient (Wildman–Crippen LogP) is -0.407. The smallest absolute Gasteiger partial charge is 0.270 e. The molecule has 8 heteroatoms. The number of aromatic nitrogens is 1. The molecule has 1 aliphatic rings. The maximum absolute atomic E-state index is 12.0. The zero-order valence-corrected chi connectivity index (χ0v) is 12.1. The Morgan fingerprint density at radius 3 is 2.76 bits per heavy atom. The molecule has 1 atom stereocenters. The van der Waals surface area contributed by atoms with E-state index in [1.54, 1.807) is 6.07 Å². The number of likely N-dealkylation sites (N-methyl/N-ethyl adjacent to an activating group) is 1. The molecule has 1 aromatic rings. The minimum Gasteiger partial charge on any atom is -0.389 e. The average molecular weight is 306 g/mol. The second kappa shape index (κ2) is 5.96. The van der Waals surface area contributed by atoms with Crippen LogP contribution in [0.4, 0.5) is 0 Å². The fraction of sp³-hybridized carbons (Fsp3) is 0.308. The molecular formula is C13H14N4O3S. The summed E-state index contributed by atoms with van der Waals surface area (Å²) in [7, 11) is 1.40. The van der Waals surface area contributed by atoms with E-state index in [-0.39, 0.29) is 23.0 Å². The van der Waals surface area contributed by atoms with Crippen molar-refractivity contribution in [3.05, 3.63) is 29.6 Å². The Balaban J connectivity index is 2.06. The van der Waals surface area contributed by atoms with Crippen LogP contribution in [0.25, 0.3) is 0 Å². The summed E-state index contributed by atoms with van der Waals surface area (Å²) in [6.07, 6.45) is 1.91. The second-order valence-electron chi connectivity index (χ2n) is 4.65. The number of hydrogen-bond donors (Lipinski definition) is 2. The van der Waals surface area contributed by atoms with E-state index in [9.17, 15) is 14.4 Å². The summed E-state index contributed by atoms with van der Waals surface area (Å²) in [5.74, 6) is -1.14. The Labute approximate surface area is 126 Å². The number of piperidine rings is 1. The molecule has 1 aliphatic heterocycles. The number of amides is 3. The molecule has 2 heterocycles. The molecular weight excluding hydrogens is 292 g/mol. The fourth-order valence-electron chi connectivity index (χ4n) is 1.96. The summed E-state index contributed by atoms with van der Waals surface area (Å²) in [5.41, 5.74) is 6.16. The predicted molar refractivity (Wildman–Crippen MR) is 78.4 cm³/mol. The Bertz CT molecular complexity index is 614. The lowest BCUT2D eigenvalue weighted by Crippen LogP contribution is -2.53. The number of likely N-dealkylation sites (tertiary alicyclic amines) is 1. The number of nitrogens with zero attached hydrogens (tertiary/aromatic N) is 2. The van der Waals surface area contributed by atoms with Gasteiger partial charge in [0.25, 0.3) is 11.8 Å². The first-order valence-corrected chi connectivity index (χ1v) is 6.68. The Kier molecular flexibility index (Phi) is 4.27. The highest BCUT2D eigenvalue weighted by atomic mass is 32.1. The van der Waals surface area contributed by atoms with Crippen LogP contribution < -0.4 is 11.1 Å². The van der Waals surface area contributed by atoms with Crippen molar-refractivity contribution in [2.75, 3.05) is 7.05 Å². The second-order valence-corrected chi connectivity index (χ2v) is 5.09. The van der Waals surface area contributed by atoms with Gasteiger partial charge in [0.05, 0.1) is 0 Å². The quantitative estimate of drug-likeness (QED) is 0.581. The monoisotopic (exact) mass is 306 g/mol. The van der Waals surface area contributed by atoms with E-state index < -0.39 is 17.9 Å². The molecule has 7 nitrogen and oxygen atoms in total. The van der Waals surface area contributed by atoms with E-state index in [4.69, 9.17) is 18.0 Å². The number of carbonyl (C=O) groups is 3. The zero-order chi connectivity index (χ0) is 15.6. The Hall–Kier alpha value is -2.35. The summed E-state index contributed by atoms with van der Waals surface area (Å²) in [6, 6.07) is 2.35. The first-order chi connectivity index (χ1) is 9.90. The van der Waals surface area contributed by atoms with E-state index in [0.717, 1.165) is 4.90 Å². The number of pyridine rings is 1. The number of thiocarbonyl (C=S) groups is 1. The van der Waals surface area contributed by atoms with Crippen molar-refractivity contribution in [3.8, 4) is 0 Å². The molecule has 1 fully saturated rings. The summed E-state index contributed by atoms with van der Waals surface area (Å²) < 4.78 is 0. The standard InChI is InChI=1S/C13H14N4O3S/c1-17-10(18)5-4-9(13(17)20)16-12(19)8-3-2-7(6-15-8)11(14)21/h2-3,6,9H,4-5H2,1H3,(H2,14,21)(H,16,19). The third-order valence-corrected chi connectivity index (χ3v) is 3.47. The number of imide groups is 1. The molecule has 0 bridgehead atoms. The van der Waals surface area contributed by atoms with Gasteiger partial charge < -0.3 is 11.1 Å². The van der Waals surface area contributed by atoms with Gasteiger partial charge in [-0.2, -0.15) is 0 Å². The van der Waals surface area contributed by atoms with Gasteiger partial charge in [-0.3, -0.25) is 24.3 Å². The van der Waals surface area contributed by atoms with Crippen LogP contribution in [0.5, 0.6) is 0 Å². The molecule has 1 aromatic heterocycles. The van der Waals surface area contributed by atoms with Crippen molar-refractivity contribution in [3.63, 3.8) is 0 Å². The number of nitrogens with two attached hydrogens (primary N) is 1. The topological polar surface area (TPSA) is 105 Å². The lowest BCUT2D eigenvalue weighted by Gasteiger charge is -2.28. The minimum atomic E-state index is -0.711. The molecule has 1 unspecified atom stereocenters. The molecule has 3 amide bonds. The number of carbonyl (C=O) groups excluding carboxylic acids is 3. The fourth-order valence-corrected chi connectivity index (χ4v) is 2.08.